The average Bonchev–Trinajstić information content (AvgIpc) is 2.34. The molecule has 1 rings (SSSR count). The number of aromatic nitrogens is 2. The number of rotatable bonds is 3. The van der Waals surface area contributed by atoms with E-state index in [1.54, 1.807) is 13.3 Å². The van der Waals surface area contributed by atoms with Crippen LogP contribution < -0.4 is 5.73 Å². The van der Waals surface area contributed by atoms with Gasteiger partial charge in [0, 0.05) is 19.3 Å². The zero-order valence-electron chi connectivity index (χ0n) is 6.57. The molecule has 1 aromatic heterocycles. The minimum atomic E-state index is -0.338. The van der Waals surface area contributed by atoms with Crippen LogP contribution in [-0.4, -0.2) is 20.8 Å². The first-order valence-corrected chi connectivity index (χ1v) is 3.61. The highest BCUT2D eigenvalue weighted by atomic mass is 16.3. The Balaban J connectivity index is 2.58. The van der Waals surface area contributed by atoms with Crippen molar-refractivity contribution in [2.24, 2.45) is 5.73 Å². The zero-order valence-corrected chi connectivity index (χ0v) is 6.57. The van der Waals surface area contributed by atoms with Gasteiger partial charge in [-0.25, -0.2) is 4.98 Å². The van der Waals surface area contributed by atoms with Crippen LogP contribution in [0.1, 0.15) is 12.6 Å². The van der Waals surface area contributed by atoms with Crippen LogP contribution in [0.15, 0.2) is 12.5 Å². The Kier molecular flexibility index (Phi) is 2.62. The molecule has 4 heteroatoms. The van der Waals surface area contributed by atoms with Crippen molar-refractivity contribution in [3.63, 3.8) is 0 Å². The lowest BCUT2D eigenvalue weighted by molar-refractivity contribution is 0.173. The Labute approximate surface area is 65.7 Å². The van der Waals surface area contributed by atoms with Crippen molar-refractivity contribution in [1.82, 2.24) is 9.55 Å². The number of imidazole rings is 1. The summed E-state index contributed by atoms with van der Waals surface area (Å²) < 4.78 is 1.83. The van der Waals surface area contributed by atoms with E-state index in [2.05, 4.69) is 4.98 Å². The summed E-state index contributed by atoms with van der Waals surface area (Å²) in [5.74, 6) is 0. The lowest BCUT2D eigenvalue weighted by Crippen LogP contribution is -2.09. The van der Waals surface area contributed by atoms with Gasteiger partial charge in [0.25, 0.3) is 0 Å². The molecule has 1 unspecified atom stereocenters. The molecule has 0 fully saturated rings. The molecular weight excluding hydrogens is 142 g/mol. The van der Waals surface area contributed by atoms with Gasteiger partial charge in [0.2, 0.25) is 0 Å². The Bertz CT molecular complexity index is 219. The van der Waals surface area contributed by atoms with Gasteiger partial charge in [0.15, 0.2) is 0 Å². The summed E-state index contributed by atoms with van der Waals surface area (Å²) in [4.78, 5) is 4.01. The van der Waals surface area contributed by atoms with Crippen LogP contribution in [0.4, 0.5) is 0 Å². The highest BCUT2D eigenvalue weighted by molar-refractivity contribution is 4.95. The van der Waals surface area contributed by atoms with Crippen LogP contribution >= 0.6 is 0 Å². The molecule has 0 saturated heterocycles. The van der Waals surface area contributed by atoms with Gasteiger partial charge in [-0.1, -0.05) is 0 Å². The number of nitrogens with two attached hydrogens (primary N) is 1. The second kappa shape index (κ2) is 3.50. The average molecular weight is 155 g/mol. The minimum absolute atomic E-state index is 0.338. The van der Waals surface area contributed by atoms with E-state index >= 15 is 0 Å². The molecule has 3 N–H and O–H groups in total. The van der Waals surface area contributed by atoms with Gasteiger partial charge in [-0.15, -0.1) is 0 Å². The summed E-state index contributed by atoms with van der Waals surface area (Å²) in [5.41, 5.74) is 6.21. The van der Waals surface area contributed by atoms with Crippen molar-refractivity contribution in [2.45, 2.75) is 26.1 Å². The van der Waals surface area contributed by atoms with Crippen molar-refractivity contribution in [1.29, 1.82) is 0 Å². The van der Waals surface area contributed by atoms with Crippen LogP contribution in [0.2, 0.25) is 0 Å². The molecule has 0 spiro atoms. The zero-order chi connectivity index (χ0) is 8.27. The van der Waals surface area contributed by atoms with Gasteiger partial charge < -0.3 is 15.4 Å². The molecule has 0 aliphatic rings. The van der Waals surface area contributed by atoms with Crippen molar-refractivity contribution >= 4 is 0 Å². The van der Waals surface area contributed by atoms with E-state index in [0.717, 1.165) is 5.69 Å². The number of hydrogen-bond donors (Lipinski definition) is 2. The molecule has 0 aliphatic heterocycles. The first-order chi connectivity index (χ1) is 5.22. The third-order valence-electron chi connectivity index (χ3n) is 1.37. The van der Waals surface area contributed by atoms with Crippen molar-refractivity contribution in [2.75, 3.05) is 0 Å². The van der Waals surface area contributed by atoms with Crippen LogP contribution in [0, 0.1) is 0 Å². The van der Waals surface area contributed by atoms with Crippen molar-refractivity contribution in [3.05, 3.63) is 18.2 Å². The summed E-state index contributed by atoms with van der Waals surface area (Å²) in [7, 11) is 0. The second-order valence-electron chi connectivity index (χ2n) is 2.61. The highest BCUT2D eigenvalue weighted by Crippen LogP contribution is 1.96. The topological polar surface area (TPSA) is 64.1 Å². The van der Waals surface area contributed by atoms with Gasteiger partial charge in [-0.3, -0.25) is 0 Å². The molecule has 0 aliphatic carbocycles. The molecule has 1 atom stereocenters. The first kappa shape index (κ1) is 8.23. The van der Waals surface area contributed by atoms with Crippen LogP contribution in [-0.2, 0) is 13.1 Å². The molecule has 0 radical (unpaired) electrons. The maximum absolute atomic E-state index is 9.01. The van der Waals surface area contributed by atoms with E-state index in [-0.39, 0.29) is 6.10 Å². The smallest absolute Gasteiger partial charge is 0.0950 e. The SMILES string of the molecule is CC(O)Cn1cnc(CN)c1. The van der Waals surface area contributed by atoms with Crippen LogP contribution in [0.25, 0.3) is 0 Å². The predicted octanol–water partition coefficient (Wildman–Crippen LogP) is -0.277. The molecule has 0 aromatic carbocycles. The van der Waals surface area contributed by atoms with Gasteiger partial charge >= 0.3 is 0 Å². The minimum Gasteiger partial charge on any atom is -0.392 e. The first-order valence-electron chi connectivity index (χ1n) is 3.61. The lowest BCUT2D eigenvalue weighted by atomic mass is 10.4. The van der Waals surface area contributed by atoms with E-state index in [1.165, 1.54) is 0 Å². The molecule has 11 heavy (non-hydrogen) atoms. The lowest BCUT2D eigenvalue weighted by Gasteiger charge is -2.02. The molecule has 1 aromatic rings. The normalized spacial score (nSPS) is 13.4. The fourth-order valence-electron chi connectivity index (χ4n) is 0.917. The van der Waals surface area contributed by atoms with Gasteiger partial charge in [0.1, 0.15) is 0 Å². The monoisotopic (exact) mass is 155 g/mol. The van der Waals surface area contributed by atoms with Crippen LogP contribution in [0.5, 0.6) is 0 Å². The maximum atomic E-state index is 9.01. The maximum Gasteiger partial charge on any atom is 0.0950 e. The van der Waals surface area contributed by atoms with E-state index in [1.807, 2.05) is 10.8 Å². The second-order valence-corrected chi connectivity index (χ2v) is 2.61. The summed E-state index contributed by atoms with van der Waals surface area (Å²) in [6, 6.07) is 0. The van der Waals surface area contributed by atoms with Crippen LogP contribution in [0.3, 0.4) is 0 Å². The molecule has 4 nitrogen and oxygen atoms in total. The molecule has 1 heterocycles. The highest BCUT2D eigenvalue weighted by Gasteiger charge is 1.98. The quantitative estimate of drug-likeness (QED) is 0.631. The summed E-state index contributed by atoms with van der Waals surface area (Å²) in [5, 5.41) is 9.01. The molecule has 0 saturated carbocycles. The van der Waals surface area contributed by atoms with Gasteiger partial charge in [0.05, 0.1) is 18.1 Å². The van der Waals surface area contributed by atoms with E-state index in [4.69, 9.17) is 10.8 Å². The summed E-state index contributed by atoms with van der Waals surface area (Å²) in [6.07, 6.45) is 3.18. The third-order valence-corrected chi connectivity index (χ3v) is 1.37. The molecule has 0 amide bonds. The Hall–Kier alpha value is -0.870. The van der Waals surface area contributed by atoms with Crippen molar-refractivity contribution < 1.29 is 5.11 Å². The number of aliphatic hydroxyl groups excluding tert-OH is 1. The number of nitrogens with zero attached hydrogens (tertiary/aromatic N) is 2. The fraction of sp³-hybridized carbons (Fsp3) is 0.571. The van der Waals surface area contributed by atoms with Crippen molar-refractivity contribution in [3.8, 4) is 0 Å². The molecule has 0 bridgehead atoms. The molecule has 62 valence electrons. The largest absolute Gasteiger partial charge is 0.392 e. The molecular formula is C7H13N3O. The van der Waals surface area contributed by atoms with E-state index < -0.39 is 0 Å². The Morgan fingerprint density at radius 2 is 2.55 bits per heavy atom. The Morgan fingerprint density at radius 1 is 1.82 bits per heavy atom. The summed E-state index contributed by atoms with van der Waals surface area (Å²) >= 11 is 0. The van der Waals surface area contributed by atoms with Gasteiger partial charge in [-0.05, 0) is 6.92 Å². The Morgan fingerprint density at radius 3 is 3.00 bits per heavy atom. The van der Waals surface area contributed by atoms with E-state index in [0.29, 0.717) is 13.1 Å². The standard InChI is InChI=1S/C7H13N3O/c1-6(11)3-10-4-7(2-8)9-5-10/h4-6,11H,2-3,8H2,1H3. The fourth-order valence-corrected chi connectivity index (χ4v) is 0.917. The van der Waals surface area contributed by atoms with E-state index in [9.17, 15) is 0 Å². The summed E-state index contributed by atoms with van der Waals surface area (Å²) in [6.45, 7) is 2.77. The third kappa shape index (κ3) is 2.32. The predicted molar refractivity (Wildman–Crippen MR) is 41.8 cm³/mol. The number of hydrogen-bond acceptors (Lipinski definition) is 3. The van der Waals surface area contributed by atoms with Gasteiger partial charge in [-0.2, -0.15) is 0 Å². The number of aliphatic hydroxyl groups is 1.